The summed E-state index contributed by atoms with van der Waals surface area (Å²) in [6.45, 7) is 0.865. The van der Waals surface area contributed by atoms with Crippen LogP contribution in [-0.2, 0) is 19.6 Å². The van der Waals surface area contributed by atoms with Crippen LogP contribution in [0.5, 0.6) is 17.2 Å². The molecule has 11 heteroatoms. The number of benzene rings is 3. The van der Waals surface area contributed by atoms with E-state index in [0.717, 1.165) is 0 Å². The molecule has 1 heterocycles. The van der Waals surface area contributed by atoms with E-state index >= 15 is 0 Å². The third kappa shape index (κ3) is 6.45. The number of nitrogens with zero attached hydrogens (tertiary/aromatic N) is 1. The first-order valence-electron chi connectivity index (χ1n) is 10.7. The highest BCUT2D eigenvalue weighted by atomic mass is 35.5. The Kier molecular flexibility index (Phi) is 8.15. The lowest BCUT2D eigenvalue weighted by Gasteiger charge is -2.26. The van der Waals surface area contributed by atoms with Crippen LogP contribution in [0.4, 0.5) is 5.69 Å². The second kappa shape index (κ2) is 11.3. The van der Waals surface area contributed by atoms with Gasteiger partial charge in [-0.15, -0.1) is 0 Å². The fraction of sp³-hybridized carbons (Fsp3) is 0.208. The van der Waals surface area contributed by atoms with Crippen LogP contribution in [0.2, 0.25) is 10.0 Å². The summed E-state index contributed by atoms with van der Waals surface area (Å²) in [6.07, 6.45) is 0. The number of morpholine rings is 1. The number of para-hydroxylation sites is 1. The van der Waals surface area contributed by atoms with Crippen molar-refractivity contribution >= 4 is 44.8 Å². The standard InChI is InChI=1S/C24H22Cl2N2O6S/c25-17-6-8-23(34-18-4-2-1-3-5-18)21(14-17)27-24(29)16-33-22-9-7-19(15-20(22)26)35(30,31)28-10-12-32-13-11-28/h1-9,14-15H,10-13,16H2,(H,27,29). The molecule has 0 aromatic heterocycles. The highest BCUT2D eigenvalue weighted by molar-refractivity contribution is 7.89. The molecular weight excluding hydrogens is 515 g/mol. The molecule has 3 aromatic carbocycles. The molecule has 0 unspecified atom stereocenters. The van der Waals surface area contributed by atoms with Crippen molar-refractivity contribution in [1.82, 2.24) is 4.31 Å². The van der Waals surface area contributed by atoms with Crippen molar-refractivity contribution in [2.45, 2.75) is 4.90 Å². The van der Waals surface area contributed by atoms with Crippen molar-refractivity contribution in [2.75, 3.05) is 38.2 Å². The number of carbonyl (C=O) groups excluding carboxylic acids is 1. The zero-order chi connectivity index (χ0) is 24.8. The maximum absolute atomic E-state index is 12.8. The maximum Gasteiger partial charge on any atom is 0.262 e. The minimum atomic E-state index is -3.70. The van der Waals surface area contributed by atoms with Gasteiger partial charge < -0.3 is 19.5 Å². The van der Waals surface area contributed by atoms with Gasteiger partial charge in [-0.25, -0.2) is 8.42 Å². The second-order valence-corrected chi connectivity index (χ2v) is 10.3. The summed E-state index contributed by atoms with van der Waals surface area (Å²) in [6, 6.07) is 18.1. The Morgan fingerprint density at radius 3 is 2.40 bits per heavy atom. The van der Waals surface area contributed by atoms with Crippen molar-refractivity contribution in [2.24, 2.45) is 0 Å². The summed E-state index contributed by atoms with van der Waals surface area (Å²) in [5.41, 5.74) is 0.369. The van der Waals surface area contributed by atoms with E-state index in [-0.39, 0.29) is 35.4 Å². The fourth-order valence-electron chi connectivity index (χ4n) is 3.33. The summed E-state index contributed by atoms with van der Waals surface area (Å²) in [7, 11) is -3.70. The summed E-state index contributed by atoms with van der Waals surface area (Å²) >= 11 is 12.3. The number of hydrogen-bond acceptors (Lipinski definition) is 6. The van der Waals surface area contributed by atoms with Crippen LogP contribution in [0.1, 0.15) is 0 Å². The molecule has 0 aliphatic carbocycles. The Morgan fingerprint density at radius 2 is 1.69 bits per heavy atom. The number of sulfonamides is 1. The van der Waals surface area contributed by atoms with Crippen LogP contribution in [0.3, 0.4) is 0 Å². The molecule has 184 valence electrons. The molecule has 0 atom stereocenters. The van der Waals surface area contributed by atoms with Crippen LogP contribution in [0, 0.1) is 0 Å². The van der Waals surface area contributed by atoms with Gasteiger partial charge in [0.25, 0.3) is 5.91 Å². The average Bonchev–Trinajstić information content (AvgIpc) is 2.86. The Bertz CT molecular complexity index is 1300. The summed E-state index contributed by atoms with van der Waals surface area (Å²) in [5.74, 6) is 0.700. The van der Waals surface area contributed by atoms with Crippen molar-refractivity contribution in [3.8, 4) is 17.2 Å². The fourth-order valence-corrected chi connectivity index (χ4v) is 5.24. The molecule has 3 aromatic rings. The topological polar surface area (TPSA) is 94.2 Å². The molecule has 35 heavy (non-hydrogen) atoms. The molecule has 8 nitrogen and oxygen atoms in total. The first-order chi connectivity index (χ1) is 16.8. The molecule has 0 radical (unpaired) electrons. The normalized spacial score (nSPS) is 14.3. The van der Waals surface area contributed by atoms with Crippen LogP contribution in [-0.4, -0.2) is 51.5 Å². The number of nitrogens with one attached hydrogen (secondary N) is 1. The summed E-state index contributed by atoms with van der Waals surface area (Å²) in [5, 5.41) is 3.20. The van der Waals surface area contributed by atoms with Gasteiger partial charge >= 0.3 is 0 Å². The highest BCUT2D eigenvalue weighted by Gasteiger charge is 2.27. The average molecular weight is 537 g/mol. The van der Waals surface area contributed by atoms with Crippen molar-refractivity contribution in [3.05, 3.63) is 76.8 Å². The Morgan fingerprint density at radius 1 is 0.971 bits per heavy atom. The highest BCUT2D eigenvalue weighted by Crippen LogP contribution is 2.32. The van der Waals surface area contributed by atoms with Crippen LogP contribution in [0.25, 0.3) is 0 Å². The zero-order valence-electron chi connectivity index (χ0n) is 18.4. The van der Waals surface area contributed by atoms with Gasteiger partial charge in [0.2, 0.25) is 10.0 Å². The molecule has 0 saturated carbocycles. The number of carbonyl (C=O) groups is 1. The van der Waals surface area contributed by atoms with E-state index in [1.165, 1.54) is 22.5 Å². The second-order valence-electron chi connectivity index (χ2n) is 7.50. The van der Waals surface area contributed by atoms with E-state index in [9.17, 15) is 13.2 Å². The van der Waals surface area contributed by atoms with Crippen molar-refractivity contribution in [1.29, 1.82) is 0 Å². The quantitative estimate of drug-likeness (QED) is 0.443. The number of rotatable bonds is 8. The molecule has 0 spiro atoms. The SMILES string of the molecule is O=C(COc1ccc(S(=O)(=O)N2CCOCC2)cc1Cl)Nc1cc(Cl)ccc1Oc1ccccc1. The van der Waals surface area contributed by atoms with E-state index in [1.54, 1.807) is 30.3 Å². The van der Waals surface area contributed by atoms with Crippen LogP contribution >= 0.6 is 23.2 Å². The van der Waals surface area contributed by atoms with Crippen molar-refractivity contribution in [3.63, 3.8) is 0 Å². The van der Waals surface area contributed by atoms with Gasteiger partial charge in [0.1, 0.15) is 11.5 Å². The van der Waals surface area contributed by atoms with E-state index in [4.69, 9.17) is 37.4 Å². The minimum absolute atomic E-state index is 0.0443. The molecular formula is C24H22Cl2N2O6S. The summed E-state index contributed by atoms with van der Waals surface area (Å²) < 4.78 is 43.5. The lowest BCUT2D eigenvalue weighted by atomic mass is 10.2. The first kappa shape index (κ1) is 25.3. The van der Waals surface area contributed by atoms with E-state index in [0.29, 0.717) is 35.4 Å². The molecule has 1 saturated heterocycles. The van der Waals surface area contributed by atoms with Gasteiger partial charge in [0.15, 0.2) is 12.4 Å². The molecule has 1 aliphatic rings. The first-order valence-corrected chi connectivity index (χ1v) is 12.8. The Hall–Kier alpha value is -2.82. The van der Waals surface area contributed by atoms with Gasteiger partial charge in [-0.1, -0.05) is 41.4 Å². The molecule has 1 aliphatic heterocycles. The lowest BCUT2D eigenvalue weighted by molar-refractivity contribution is -0.118. The number of hydrogen-bond donors (Lipinski definition) is 1. The lowest BCUT2D eigenvalue weighted by Crippen LogP contribution is -2.40. The summed E-state index contributed by atoms with van der Waals surface area (Å²) in [4.78, 5) is 12.6. The smallest absolute Gasteiger partial charge is 0.262 e. The van der Waals surface area contributed by atoms with Crippen LogP contribution in [0.15, 0.2) is 71.6 Å². The van der Waals surface area contributed by atoms with Gasteiger partial charge in [-0.05, 0) is 48.5 Å². The third-order valence-electron chi connectivity index (χ3n) is 5.06. The predicted octanol–water partition coefficient (Wildman–Crippen LogP) is 4.82. The maximum atomic E-state index is 12.8. The number of amides is 1. The molecule has 1 N–H and O–H groups in total. The van der Waals surface area contributed by atoms with Gasteiger partial charge in [0, 0.05) is 18.1 Å². The minimum Gasteiger partial charge on any atom is -0.482 e. The zero-order valence-corrected chi connectivity index (χ0v) is 20.8. The molecule has 1 fully saturated rings. The number of halogens is 2. The number of anilines is 1. The van der Waals surface area contributed by atoms with E-state index in [2.05, 4.69) is 5.32 Å². The Balaban J connectivity index is 1.41. The van der Waals surface area contributed by atoms with Crippen LogP contribution < -0.4 is 14.8 Å². The van der Waals surface area contributed by atoms with Crippen molar-refractivity contribution < 1.29 is 27.4 Å². The van der Waals surface area contributed by atoms with Gasteiger partial charge in [-0.3, -0.25) is 4.79 Å². The number of ether oxygens (including phenoxy) is 3. The third-order valence-corrected chi connectivity index (χ3v) is 7.48. The molecule has 4 rings (SSSR count). The van der Waals surface area contributed by atoms with Gasteiger partial charge in [-0.2, -0.15) is 4.31 Å². The molecule has 0 bridgehead atoms. The largest absolute Gasteiger partial charge is 0.482 e. The van der Waals surface area contributed by atoms with E-state index < -0.39 is 15.9 Å². The monoisotopic (exact) mass is 536 g/mol. The van der Waals surface area contributed by atoms with E-state index in [1.807, 2.05) is 18.2 Å². The predicted molar refractivity (Wildman–Crippen MR) is 133 cm³/mol. The molecule has 1 amide bonds. The van der Waals surface area contributed by atoms with Gasteiger partial charge in [0.05, 0.1) is 28.8 Å². The Labute approximate surface area is 213 Å².